The van der Waals surface area contributed by atoms with E-state index < -0.39 is 166 Å². The molecule has 0 aliphatic rings. The van der Waals surface area contributed by atoms with Crippen LogP contribution in [0.3, 0.4) is 0 Å². The minimum absolute atomic E-state index is 0. The van der Waals surface area contributed by atoms with Gasteiger partial charge in [-0.05, 0) is 60.7 Å². The van der Waals surface area contributed by atoms with E-state index in [4.69, 9.17) is 16.2 Å². The number of azo groups is 3. The molecule has 71 heavy (non-hydrogen) atoms. The van der Waals surface area contributed by atoms with Gasteiger partial charge in [-0.2, -0.15) is 0 Å². The zero-order chi connectivity index (χ0) is 49.8. The van der Waals surface area contributed by atoms with Crippen molar-refractivity contribution in [2.45, 2.75) is 24.5 Å². The van der Waals surface area contributed by atoms with Crippen molar-refractivity contribution in [3.63, 3.8) is 0 Å². The van der Waals surface area contributed by atoms with Crippen LogP contribution in [0.4, 0.5) is 45.5 Å². The van der Waals surface area contributed by atoms with Gasteiger partial charge in [0.25, 0.3) is 0 Å². The van der Waals surface area contributed by atoms with Crippen LogP contribution in [0.1, 0.15) is 0 Å². The number of rotatable bonds is 20. The van der Waals surface area contributed by atoms with E-state index in [1.165, 1.54) is 6.07 Å². The number of methoxy groups -OCH3 is 1. The first kappa shape index (κ1) is 72.5. The van der Waals surface area contributed by atoms with Crippen molar-refractivity contribution in [1.82, 2.24) is 0 Å². The van der Waals surface area contributed by atoms with Gasteiger partial charge in [0.05, 0.1) is 67.7 Å². The molecule has 0 spiro atoms. The number of nitrogens with zero attached hydrogens (tertiary/aromatic N) is 6. The molecule has 4 aromatic carbocycles. The fourth-order valence-electron chi connectivity index (χ4n) is 4.84. The minimum Gasteiger partial charge on any atom is -0.744 e. The Morgan fingerprint density at radius 2 is 0.746 bits per heavy atom. The van der Waals surface area contributed by atoms with E-state index >= 15 is 0 Å². The smallest absolute Gasteiger partial charge is 0.744 e. The Kier molecular flexibility index (Phi) is 29.3. The maximum atomic E-state index is 12.7. The van der Waals surface area contributed by atoms with Gasteiger partial charge in [-0.3, -0.25) is 8.37 Å². The molecule has 0 atom stereocenters. The first-order valence-corrected chi connectivity index (χ1v) is 26.8. The first-order valence-electron chi connectivity index (χ1n) is 16.6. The normalized spacial score (nSPS) is 12.6. The van der Waals surface area contributed by atoms with E-state index in [-0.39, 0.29) is 154 Å². The van der Waals surface area contributed by atoms with E-state index in [0.717, 1.165) is 25.3 Å². The van der Waals surface area contributed by atoms with Crippen LogP contribution < -0.4 is 164 Å². The van der Waals surface area contributed by atoms with Gasteiger partial charge in [0.15, 0.2) is 19.7 Å². The van der Waals surface area contributed by atoms with Crippen molar-refractivity contribution in [3.8, 4) is 5.75 Å². The number of benzene rings is 4. The van der Waals surface area contributed by atoms with Crippen LogP contribution in [0.5, 0.6) is 5.75 Å². The molecule has 0 aromatic heterocycles. The van der Waals surface area contributed by atoms with Crippen molar-refractivity contribution in [3.05, 3.63) is 60.7 Å². The van der Waals surface area contributed by atoms with Crippen LogP contribution in [-0.2, 0) is 79.2 Å². The van der Waals surface area contributed by atoms with E-state index in [2.05, 4.69) is 39.1 Å². The Morgan fingerprint density at radius 1 is 0.437 bits per heavy atom. The van der Waals surface area contributed by atoms with Crippen molar-refractivity contribution in [2.75, 3.05) is 43.3 Å². The minimum atomic E-state index is -5.65. The third-order valence-corrected chi connectivity index (χ3v) is 14.7. The summed E-state index contributed by atoms with van der Waals surface area (Å²) < 4.78 is 237. The van der Waals surface area contributed by atoms with Gasteiger partial charge < -0.3 is 39.0 Å². The van der Waals surface area contributed by atoms with Gasteiger partial charge in [0, 0.05) is 0 Å². The molecule has 0 aliphatic heterocycles. The van der Waals surface area contributed by atoms with E-state index in [9.17, 15) is 81.7 Å². The quantitative estimate of drug-likeness (QED) is 0.0273. The van der Waals surface area contributed by atoms with Gasteiger partial charge in [-0.15, -0.1) is 30.7 Å². The second-order valence-electron chi connectivity index (χ2n) is 12.2. The van der Waals surface area contributed by atoms with E-state index in [1.807, 2.05) is 0 Å². The molecule has 0 amide bonds. The molecular formula is C29H25N8Na5O22S7. The summed E-state index contributed by atoms with van der Waals surface area (Å²) in [7, 11) is -35.4. The molecule has 360 valence electrons. The number of ether oxygens (including phenoxy) is 1. The fourth-order valence-corrected chi connectivity index (χ4v) is 9.89. The Hall–Kier alpha value is -0.550. The molecule has 42 heteroatoms. The summed E-state index contributed by atoms with van der Waals surface area (Å²) in [5.74, 6) is -2.50. The van der Waals surface area contributed by atoms with Crippen molar-refractivity contribution >= 4 is 116 Å². The first-order chi connectivity index (χ1) is 30.1. The number of nitrogens with two attached hydrogens (primary N) is 2. The Labute approximate surface area is 516 Å². The van der Waals surface area contributed by atoms with Crippen LogP contribution in [0, 0.1) is 0 Å². The molecule has 30 nitrogen and oxygen atoms in total. The average Bonchev–Trinajstić information content (AvgIpc) is 3.17. The summed E-state index contributed by atoms with van der Waals surface area (Å²) in [4.78, 5) is -5.46. The van der Waals surface area contributed by atoms with Crippen LogP contribution >= 0.6 is 0 Å². The topological polar surface area (TPSA) is 508 Å². The Bertz CT molecular complexity index is 3520. The molecule has 0 heterocycles. The van der Waals surface area contributed by atoms with Crippen LogP contribution in [0.2, 0.25) is 0 Å². The summed E-state index contributed by atoms with van der Waals surface area (Å²) in [5, 5.41) is 22.2. The number of hydrogen-bond acceptors (Lipinski definition) is 30. The summed E-state index contributed by atoms with van der Waals surface area (Å²) in [6, 6.07) is 6.99. The maximum absolute atomic E-state index is 12.7. The van der Waals surface area contributed by atoms with Crippen LogP contribution in [-0.4, -0.2) is 114 Å². The number of hydrogen-bond donors (Lipinski definition) is 2. The van der Waals surface area contributed by atoms with Gasteiger partial charge in [0.1, 0.15) is 70.2 Å². The number of anilines is 2. The fraction of sp³-hybridized carbons (Fsp3) is 0.172. The molecule has 0 unspecified atom stereocenters. The average molecular weight is 1180 g/mol. The van der Waals surface area contributed by atoms with Gasteiger partial charge >= 0.3 is 148 Å². The zero-order valence-electron chi connectivity index (χ0n) is 37.3. The second kappa shape index (κ2) is 28.7. The number of nitrogen functional groups attached to an aromatic ring is 2. The SMILES string of the molecule is COc1ccc(N=Nc2cc(N=Nc3ccc(S(=O)(=O)CCOS(=O)(=O)[O-])cc3S(=O)(=O)[O-])c(N)c(N=Nc3ccc(S(=O)(=O)CCOS(=O)(=O)[O-])cc3S(=O)(=O)[O-])c2N)c(S(=O)(=O)[O-])c1.[Na+].[Na+].[Na+].[Na+].[Na+]. The van der Waals surface area contributed by atoms with Crippen LogP contribution in [0.25, 0.3) is 0 Å². The molecule has 4 N–H and O–H groups in total. The molecule has 0 fully saturated rings. The predicted molar refractivity (Wildman–Crippen MR) is 213 cm³/mol. The Balaban J connectivity index is 0. The van der Waals surface area contributed by atoms with Gasteiger partial charge in [-0.25, -0.2) is 58.9 Å². The molecule has 0 radical (unpaired) electrons. The summed E-state index contributed by atoms with van der Waals surface area (Å²) >= 11 is 0. The van der Waals surface area contributed by atoms with Crippen molar-refractivity contribution < 1.29 is 243 Å². The Morgan fingerprint density at radius 3 is 1.07 bits per heavy atom. The molecule has 0 aliphatic carbocycles. The van der Waals surface area contributed by atoms with E-state index in [1.54, 1.807) is 0 Å². The summed E-state index contributed by atoms with van der Waals surface area (Å²) in [5.41, 5.74) is 6.57. The van der Waals surface area contributed by atoms with Crippen LogP contribution in [0.15, 0.2) is 116 Å². The zero-order valence-corrected chi connectivity index (χ0v) is 53.0. The molecule has 4 aromatic rings. The molecular weight excluding hydrogens is 1150 g/mol. The van der Waals surface area contributed by atoms with Gasteiger partial charge in [0.2, 0.25) is 20.8 Å². The van der Waals surface area contributed by atoms with Gasteiger partial charge in [-0.1, -0.05) is 0 Å². The predicted octanol–water partition coefficient (Wildman–Crippen LogP) is -13.7. The monoisotopic (exact) mass is 1180 g/mol. The second-order valence-corrected chi connectivity index (χ2v) is 22.6. The standard InChI is InChI=1S/C29H30N8O22S7.5Na/c1-57-16-2-5-19(24(12-16)62(42,43)44)32-35-22-15-23(36-33-20-6-3-17(13-25(20)63(45,46)47)60(38,39)10-8-58-65(51,52)53)28(31)29(27(22)30)37-34-21-7-4-18(14-26(21)64(48,49)50)61(40,41)11-9-59-66(54,55)56;;;;;/h2-7,12-15H,8-11,30-31H2,1H3,(H,42,43,44)(H,45,46,47)(H,48,49,50)(H,51,52,53)(H,54,55,56);;;;;/q;5*+1/p-5. The largest absolute Gasteiger partial charge is 1.00 e. The van der Waals surface area contributed by atoms with Crippen molar-refractivity contribution in [1.29, 1.82) is 0 Å². The third-order valence-electron chi connectivity index (χ3n) is 7.84. The third kappa shape index (κ3) is 21.4. The summed E-state index contributed by atoms with van der Waals surface area (Å²) in [6.45, 7) is -2.40. The summed E-state index contributed by atoms with van der Waals surface area (Å²) in [6.07, 6.45) is 0. The molecule has 4 rings (SSSR count). The molecule has 0 bridgehead atoms. The van der Waals surface area contributed by atoms with E-state index in [0.29, 0.717) is 36.4 Å². The molecule has 0 saturated heterocycles. The molecule has 0 saturated carbocycles. The maximum Gasteiger partial charge on any atom is 1.00 e. The number of sulfone groups is 2. The van der Waals surface area contributed by atoms with Crippen molar-refractivity contribution in [2.24, 2.45) is 30.7 Å².